The lowest BCUT2D eigenvalue weighted by Gasteiger charge is -2.34. The first-order valence-corrected chi connectivity index (χ1v) is 17.0. The first kappa shape index (κ1) is 34.0. The number of rotatable bonds is 14. The number of unbranched alkanes of at least 4 members (excludes halogenated alkanes) is 1. The molecular formula is C35H37Cl2N3O4S. The Hall–Kier alpha value is -3.85. The van der Waals surface area contributed by atoms with Gasteiger partial charge in [0, 0.05) is 29.6 Å². The number of hydrogen-bond acceptors (Lipinski definition) is 4. The molecule has 4 aromatic carbocycles. The third-order valence-electron chi connectivity index (χ3n) is 7.35. The molecule has 0 fully saturated rings. The quantitative estimate of drug-likeness (QED) is 0.146. The second kappa shape index (κ2) is 15.9. The Labute approximate surface area is 275 Å². The van der Waals surface area contributed by atoms with Gasteiger partial charge in [0.15, 0.2) is 0 Å². The molecule has 2 amide bonds. The molecule has 0 aliphatic rings. The number of hydrogen-bond donors (Lipinski definition) is 1. The van der Waals surface area contributed by atoms with Crippen molar-refractivity contribution in [3.8, 4) is 0 Å². The van der Waals surface area contributed by atoms with E-state index < -0.39 is 28.5 Å². The van der Waals surface area contributed by atoms with Gasteiger partial charge in [0.1, 0.15) is 12.6 Å². The number of sulfonamides is 1. The zero-order chi connectivity index (χ0) is 32.4. The van der Waals surface area contributed by atoms with Crippen molar-refractivity contribution in [2.75, 3.05) is 17.4 Å². The standard InChI is InChI=1S/C35H37Cl2N3O4S/c1-3-4-21-38-35(42)33(23-27-9-6-5-7-10-27)39(24-28-11-8-12-30(37)22-28)34(41)25-40(31-17-15-29(36)16-18-31)45(43,44)32-19-13-26(2)14-20-32/h5-20,22,33H,3-4,21,23-25H2,1-2H3,(H,38,42)/t33-/m0/s1. The Morgan fingerprint density at radius 1 is 0.822 bits per heavy atom. The normalized spacial score (nSPS) is 11.9. The van der Waals surface area contributed by atoms with Crippen LogP contribution in [-0.4, -0.2) is 44.3 Å². The predicted octanol–water partition coefficient (Wildman–Crippen LogP) is 7.05. The fourth-order valence-corrected chi connectivity index (χ4v) is 6.62. The van der Waals surface area contributed by atoms with Crippen LogP contribution in [0.4, 0.5) is 5.69 Å². The van der Waals surface area contributed by atoms with Crippen LogP contribution in [0.15, 0.2) is 108 Å². The summed E-state index contributed by atoms with van der Waals surface area (Å²) in [6.07, 6.45) is 1.91. The molecule has 1 N–H and O–H groups in total. The Kier molecular flexibility index (Phi) is 12.0. The molecule has 10 heteroatoms. The van der Waals surface area contributed by atoms with Crippen LogP contribution in [0.2, 0.25) is 10.0 Å². The van der Waals surface area contributed by atoms with Crippen molar-refractivity contribution >= 4 is 50.7 Å². The average molecular weight is 667 g/mol. The first-order chi connectivity index (χ1) is 21.6. The fourth-order valence-electron chi connectivity index (χ4n) is 4.87. The summed E-state index contributed by atoms with van der Waals surface area (Å²) in [6.45, 7) is 3.84. The molecule has 7 nitrogen and oxygen atoms in total. The van der Waals surface area contributed by atoms with E-state index in [9.17, 15) is 18.0 Å². The molecule has 0 unspecified atom stereocenters. The van der Waals surface area contributed by atoms with Crippen LogP contribution < -0.4 is 9.62 Å². The van der Waals surface area contributed by atoms with Crippen LogP contribution in [0, 0.1) is 6.92 Å². The summed E-state index contributed by atoms with van der Waals surface area (Å²) in [5, 5.41) is 3.89. The highest BCUT2D eigenvalue weighted by Gasteiger charge is 2.34. The molecule has 0 aromatic heterocycles. The summed E-state index contributed by atoms with van der Waals surface area (Å²) >= 11 is 12.4. The van der Waals surface area contributed by atoms with E-state index in [4.69, 9.17) is 23.2 Å². The second-order valence-corrected chi connectivity index (χ2v) is 13.5. The van der Waals surface area contributed by atoms with Gasteiger partial charge in [-0.25, -0.2) is 8.42 Å². The summed E-state index contributed by atoms with van der Waals surface area (Å²) in [7, 11) is -4.19. The molecule has 0 aliphatic heterocycles. The zero-order valence-electron chi connectivity index (χ0n) is 25.3. The van der Waals surface area contributed by atoms with E-state index >= 15 is 0 Å². The molecule has 0 spiro atoms. The summed E-state index contributed by atoms with van der Waals surface area (Å²) in [6, 6.07) is 28.3. The monoisotopic (exact) mass is 665 g/mol. The fraction of sp³-hybridized carbons (Fsp3) is 0.257. The van der Waals surface area contributed by atoms with Crippen LogP contribution in [0.1, 0.15) is 36.5 Å². The van der Waals surface area contributed by atoms with Crippen LogP contribution in [0.3, 0.4) is 0 Å². The first-order valence-electron chi connectivity index (χ1n) is 14.8. The number of aryl methyl sites for hydroxylation is 1. The number of amides is 2. The molecule has 45 heavy (non-hydrogen) atoms. The number of halogens is 2. The molecule has 0 radical (unpaired) electrons. The minimum absolute atomic E-state index is 0.0374. The Morgan fingerprint density at radius 3 is 2.13 bits per heavy atom. The van der Waals surface area contributed by atoms with E-state index in [1.165, 1.54) is 17.0 Å². The van der Waals surface area contributed by atoms with Gasteiger partial charge in [-0.3, -0.25) is 13.9 Å². The van der Waals surface area contributed by atoms with Gasteiger partial charge < -0.3 is 10.2 Å². The maximum atomic E-state index is 14.5. The lowest BCUT2D eigenvalue weighted by molar-refractivity contribution is -0.140. The van der Waals surface area contributed by atoms with Crippen LogP contribution in [0.25, 0.3) is 0 Å². The number of nitrogens with one attached hydrogen (secondary N) is 1. The van der Waals surface area contributed by atoms with E-state index in [0.29, 0.717) is 22.2 Å². The topological polar surface area (TPSA) is 86.8 Å². The van der Waals surface area contributed by atoms with Crippen molar-refractivity contribution in [3.05, 3.63) is 130 Å². The van der Waals surface area contributed by atoms with E-state index in [2.05, 4.69) is 5.32 Å². The molecule has 0 saturated heterocycles. The van der Waals surface area contributed by atoms with Gasteiger partial charge >= 0.3 is 0 Å². The minimum atomic E-state index is -4.19. The smallest absolute Gasteiger partial charge is 0.264 e. The zero-order valence-corrected chi connectivity index (χ0v) is 27.7. The molecule has 0 saturated carbocycles. The van der Waals surface area contributed by atoms with E-state index in [1.807, 2.05) is 50.2 Å². The Morgan fingerprint density at radius 2 is 1.49 bits per heavy atom. The molecular weight excluding hydrogens is 629 g/mol. The van der Waals surface area contributed by atoms with Gasteiger partial charge in [-0.15, -0.1) is 0 Å². The van der Waals surface area contributed by atoms with E-state index in [1.54, 1.807) is 54.6 Å². The van der Waals surface area contributed by atoms with Gasteiger partial charge in [-0.2, -0.15) is 0 Å². The lowest BCUT2D eigenvalue weighted by Crippen LogP contribution is -2.53. The Bertz CT molecular complexity index is 1680. The maximum Gasteiger partial charge on any atom is 0.264 e. The summed E-state index contributed by atoms with van der Waals surface area (Å²) < 4.78 is 29.2. The number of carbonyl (C=O) groups is 2. The predicted molar refractivity (Wildman–Crippen MR) is 181 cm³/mol. The van der Waals surface area contributed by atoms with Gasteiger partial charge in [-0.1, -0.05) is 96.7 Å². The third-order valence-corrected chi connectivity index (χ3v) is 9.62. The molecule has 0 bridgehead atoms. The maximum absolute atomic E-state index is 14.5. The molecule has 1 atom stereocenters. The second-order valence-electron chi connectivity index (χ2n) is 10.8. The van der Waals surface area contributed by atoms with Gasteiger partial charge in [0.25, 0.3) is 10.0 Å². The number of nitrogens with zero attached hydrogens (tertiary/aromatic N) is 2. The molecule has 4 aromatic rings. The SMILES string of the molecule is CCCCNC(=O)[C@H](Cc1ccccc1)N(Cc1cccc(Cl)c1)C(=O)CN(c1ccc(Cl)cc1)S(=O)(=O)c1ccc(C)cc1. The van der Waals surface area contributed by atoms with Gasteiger partial charge in [0.2, 0.25) is 11.8 Å². The minimum Gasteiger partial charge on any atom is -0.354 e. The summed E-state index contributed by atoms with van der Waals surface area (Å²) in [5.41, 5.74) is 2.73. The van der Waals surface area contributed by atoms with Crippen molar-refractivity contribution < 1.29 is 18.0 Å². The molecule has 0 heterocycles. The summed E-state index contributed by atoms with van der Waals surface area (Å²) in [4.78, 5) is 29.7. The lowest BCUT2D eigenvalue weighted by atomic mass is 10.0. The van der Waals surface area contributed by atoms with Crippen molar-refractivity contribution in [3.63, 3.8) is 0 Å². The number of anilines is 1. The number of carbonyl (C=O) groups excluding carboxylic acids is 2. The van der Waals surface area contributed by atoms with E-state index in [-0.39, 0.29) is 29.5 Å². The van der Waals surface area contributed by atoms with Crippen LogP contribution in [0.5, 0.6) is 0 Å². The van der Waals surface area contributed by atoms with Crippen molar-refractivity contribution in [2.45, 2.75) is 50.6 Å². The average Bonchev–Trinajstić information content (AvgIpc) is 3.02. The molecule has 4 rings (SSSR count). The van der Waals surface area contributed by atoms with Crippen molar-refractivity contribution in [2.24, 2.45) is 0 Å². The molecule has 0 aliphatic carbocycles. The third kappa shape index (κ3) is 9.33. The van der Waals surface area contributed by atoms with Crippen LogP contribution >= 0.6 is 23.2 Å². The van der Waals surface area contributed by atoms with Gasteiger partial charge in [-0.05, 0) is 73.0 Å². The largest absolute Gasteiger partial charge is 0.354 e. The highest BCUT2D eigenvalue weighted by Crippen LogP contribution is 2.27. The summed E-state index contributed by atoms with van der Waals surface area (Å²) in [5.74, 6) is -0.866. The number of benzene rings is 4. The van der Waals surface area contributed by atoms with Crippen molar-refractivity contribution in [1.82, 2.24) is 10.2 Å². The van der Waals surface area contributed by atoms with Gasteiger partial charge in [0.05, 0.1) is 10.6 Å². The molecule has 236 valence electrons. The van der Waals surface area contributed by atoms with Crippen LogP contribution in [-0.2, 0) is 32.6 Å². The van der Waals surface area contributed by atoms with E-state index in [0.717, 1.165) is 28.3 Å². The Balaban J connectivity index is 1.78. The highest BCUT2D eigenvalue weighted by atomic mass is 35.5. The van der Waals surface area contributed by atoms with Crippen molar-refractivity contribution in [1.29, 1.82) is 0 Å². The highest BCUT2D eigenvalue weighted by molar-refractivity contribution is 7.92.